The minimum atomic E-state index is -4.53. The summed E-state index contributed by atoms with van der Waals surface area (Å²) in [5, 5.41) is 7.15. The van der Waals surface area contributed by atoms with E-state index in [1.165, 1.54) is 6.92 Å². The van der Waals surface area contributed by atoms with Gasteiger partial charge in [-0.2, -0.15) is 18.3 Å². The number of halogens is 4. The standard InChI is InChI=1S/C24H23ClF3N5O2S/c1-14-10-21(24(26,27)28)30-33(14)12-22(34)32-8-6-15(7-9-32)23-29-19(13-36-23)18-11-20(35-31-18)16-4-2-3-5-17(16)25/h2-5,10-11,13,15,20,31H,6-9,12H2,1H3/t20-/m1/s1. The number of carbonyl (C=O) groups is 1. The molecule has 1 atom stereocenters. The molecule has 0 radical (unpaired) electrons. The highest BCUT2D eigenvalue weighted by atomic mass is 35.5. The number of amides is 1. The lowest BCUT2D eigenvalue weighted by atomic mass is 9.97. The number of piperidine rings is 1. The molecular weight excluding hydrogens is 515 g/mol. The Morgan fingerprint density at radius 3 is 2.72 bits per heavy atom. The minimum Gasteiger partial charge on any atom is -0.341 e. The summed E-state index contributed by atoms with van der Waals surface area (Å²) in [6.07, 6.45) is -1.43. The first-order chi connectivity index (χ1) is 17.2. The van der Waals surface area contributed by atoms with Crippen LogP contribution >= 0.6 is 22.9 Å². The third-order valence-electron chi connectivity index (χ3n) is 6.38. The quantitative estimate of drug-likeness (QED) is 0.475. The first kappa shape index (κ1) is 24.8. The van der Waals surface area contributed by atoms with E-state index in [1.54, 1.807) is 16.2 Å². The molecule has 7 nitrogen and oxygen atoms in total. The van der Waals surface area contributed by atoms with Crippen LogP contribution in [0.2, 0.25) is 5.02 Å². The SMILES string of the molecule is Cc1cc(C(F)(F)F)nn1CC(=O)N1CCC(c2nc(C3=C[C@H](c4ccccc4Cl)ON3)cs2)CC1. The molecule has 1 fully saturated rings. The molecule has 1 aromatic carbocycles. The number of hydroxylamine groups is 1. The van der Waals surface area contributed by atoms with E-state index in [-0.39, 0.29) is 24.5 Å². The fourth-order valence-electron chi connectivity index (χ4n) is 4.35. The molecule has 0 unspecified atom stereocenters. The van der Waals surface area contributed by atoms with Crippen molar-refractivity contribution in [3.63, 3.8) is 0 Å². The number of hydrogen-bond donors (Lipinski definition) is 1. The molecule has 5 rings (SSSR count). The van der Waals surface area contributed by atoms with Crippen LogP contribution in [0.5, 0.6) is 0 Å². The molecule has 2 aliphatic rings. The maximum Gasteiger partial charge on any atom is 0.435 e. The number of thiazole rings is 1. The molecule has 1 N–H and O–H groups in total. The van der Waals surface area contributed by atoms with Gasteiger partial charge in [0.2, 0.25) is 5.91 Å². The van der Waals surface area contributed by atoms with Gasteiger partial charge in [0.1, 0.15) is 12.6 Å². The van der Waals surface area contributed by atoms with Gasteiger partial charge >= 0.3 is 6.18 Å². The minimum absolute atomic E-state index is 0.207. The van der Waals surface area contributed by atoms with Gasteiger partial charge < -0.3 is 4.90 Å². The molecule has 4 heterocycles. The highest BCUT2D eigenvalue weighted by Crippen LogP contribution is 2.35. The van der Waals surface area contributed by atoms with Crippen molar-refractivity contribution in [2.75, 3.05) is 13.1 Å². The van der Waals surface area contributed by atoms with Gasteiger partial charge in [0.25, 0.3) is 0 Å². The third-order valence-corrected chi connectivity index (χ3v) is 7.73. The summed E-state index contributed by atoms with van der Waals surface area (Å²) in [5.74, 6) is -0.0327. The van der Waals surface area contributed by atoms with Crippen molar-refractivity contribution in [1.29, 1.82) is 0 Å². The number of nitrogens with zero attached hydrogens (tertiary/aromatic N) is 4. The number of aryl methyl sites for hydroxylation is 1. The van der Waals surface area contributed by atoms with Crippen LogP contribution in [0.3, 0.4) is 0 Å². The highest BCUT2D eigenvalue weighted by molar-refractivity contribution is 7.09. The van der Waals surface area contributed by atoms with E-state index in [2.05, 4.69) is 10.6 Å². The highest BCUT2D eigenvalue weighted by Gasteiger charge is 2.35. The van der Waals surface area contributed by atoms with Gasteiger partial charge in [-0.25, -0.2) is 4.98 Å². The molecule has 190 valence electrons. The number of likely N-dealkylation sites (tertiary alicyclic amines) is 1. The van der Waals surface area contributed by atoms with Crippen LogP contribution in [0, 0.1) is 6.92 Å². The number of rotatable bonds is 5. The number of aromatic nitrogens is 3. The van der Waals surface area contributed by atoms with E-state index in [1.807, 2.05) is 35.7 Å². The van der Waals surface area contributed by atoms with Crippen LogP contribution in [-0.4, -0.2) is 38.7 Å². The second-order valence-corrected chi connectivity index (χ2v) is 10.1. The van der Waals surface area contributed by atoms with Gasteiger partial charge in [0.15, 0.2) is 5.69 Å². The molecule has 1 amide bonds. The van der Waals surface area contributed by atoms with Crippen molar-refractivity contribution in [2.24, 2.45) is 0 Å². The molecule has 0 aliphatic carbocycles. The summed E-state index contributed by atoms with van der Waals surface area (Å²) >= 11 is 7.85. The maximum atomic E-state index is 12.9. The Hall–Kier alpha value is -2.89. The van der Waals surface area contributed by atoms with Gasteiger partial charge in [0, 0.05) is 40.7 Å². The zero-order valence-electron chi connectivity index (χ0n) is 19.3. The second kappa shape index (κ2) is 9.87. The van der Waals surface area contributed by atoms with Crippen molar-refractivity contribution in [3.8, 4) is 0 Å². The van der Waals surface area contributed by atoms with E-state index < -0.39 is 11.9 Å². The molecule has 12 heteroatoms. The number of carbonyl (C=O) groups excluding carboxylic acids is 1. The van der Waals surface area contributed by atoms with Crippen LogP contribution in [0.25, 0.3) is 5.70 Å². The molecule has 0 bridgehead atoms. The smallest absolute Gasteiger partial charge is 0.341 e. The number of alkyl halides is 3. The van der Waals surface area contributed by atoms with Gasteiger partial charge in [0.05, 0.1) is 16.4 Å². The Bertz CT molecular complexity index is 1300. The average Bonchev–Trinajstić information content (AvgIpc) is 3.59. The summed E-state index contributed by atoms with van der Waals surface area (Å²) in [6.45, 7) is 2.34. The van der Waals surface area contributed by atoms with E-state index in [4.69, 9.17) is 21.4 Å². The predicted molar refractivity (Wildman–Crippen MR) is 129 cm³/mol. The summed E-state index contributed by atoms with van der Waals surface area (Å²) in [6, 6.07) is 8.46. The number of hydrogen-bond acceptors (Lipinski definition) is 6. The molecule has 2 aromatic heterocycles. The Labute approximate surface area is 214 Å². The first-order valence-electron chi connectivity index (χ1n) is 11.4. The van der Waals surface area contributed by atoms with Crippen LogP contribution < -0.4 is 5.48 Å². The van der Waals surface area contributed by atoms with Crippen LogP contribution in [0.15, 0.2) is 41.8 Å². The zero-order valence-corrected chi connectivity index (χ0v) is 20.8. The van der Waals surface area contributed by atoms with E-state index in [9.17, 15) is 18.0 Å². The lowest BCUT2D eigenvalue weighted by Crippen LogP contribution is -2.40. The molecule has 36 heavy (non-hydrogen) atoms. The van der Waals surface area contributed by atoms with Crippen molar-refractivity contribution < 1.29 is 22.8 Å². The van der Waals surface area contributed by atoms with Crippen LogP contribution in [0.4, 0.5) is 13.2 Å². The van der Waals surface area contributed by atoms with Gasteiger partial charge in [-0.05, 0) is 38.0 Å². The summed E-state index contributed by atoms with van der Waals surface area (Å²) in [7, 11) is 0. The van der Waals surface area contributed by atoms with Gasteiger partial charge in [-0.3, -0.25) is 19.8 Å². The Morgan fingerprint density at radius 1 is 1.28 bits per heavy atom. The van der Waals surface area contributed by atoms with Crippen molar-refractivity contribution in [1.82, 2.24) is 25.1 Å². The van der Waals surface area contributed by atoms with E-state index >= 15 is 0 Å². The summed E-state index contributed by atoms with van der Waals surface area (Å²) < 4.78 is 39.8. The predicted octanol–water partition coefficient (Wildman–Crippen LogP) is 5.34. The van der Waals surface area contributed by atoms with Crippen molar-refractivity contribution in [3.05, 3.63) is 74.5 Å². The Kier molecular flexibility index (Phi) is 6.80. The third kappa shape index (κ3) is 5.14. The number of nitrogens with one attached hydrogen (secondary N) is 1. The normalized spacial score (nSPS) is 18.9. The molecule has 0 saturated carbocycles. The largest absolute Gasteiger partial charge is 0.435 e. The van der Waals surface area contributed by atoms with Crippen LogP contribution in [0.1, 0.15) is 52.5 Å². The Balaban J connectivity index is 1.18. The molecule has 2 aliphatic heterocycles. The van der Waals surface area contributed by atoms with E-state index in [0.717, 1.165) is 45.6 Å². The van der Waals surface area contributed by atoms with Gasteiger partial charge in [-0.1, -0.05) is 29.8 Å². The molecular formula is C24H23ClF3N5O2S. The summed E-state index contributed by atoms with van der Waals surface area (Å²) in [4.78, 5) is 24.9. The maximum absolute atomic E-state index is 12.9. The average molecular weight is 538 g/mol. The van der Waals surface area contributed by atoms with Crippen LogP contribution in [-0.2, 0) is 22.4 Å². The lowest BCUT2D eigenvalue weighted by molar-refractivity contribution is -0.142. The van der Waals surface area contributed by atoms with Crippen molar-refractivity contribution in [2.45, 2.75) is 44.5 Å². The topological polar surface area (TPSA) is 72.3 Å². The number of benzene rings is 1. The lowest BCUT2D eigenvalue weighted by Gasteiger charge is -2.31. The second-order valence-electron chi connectivity index (χ2n) is 8.79. The first-order valence-corrected chi connectivity index (χ1v) is 12.7. The van der Waals surface area contributed by atoms with E-state index in [0.29, 0.717) is 23.8 Å². The molecule has 0 spiro atoms. The molecule has 3 aromatic rings. The van der Waals surface area contributed by atoms with Crippen molar-refractivity contribution >= 4 is 34.5 Å². The summed E-state index contributed by atoms with van der Waals surface area (Å²) in [5.41, 5.74) is 4.70. The Morgan fingerprint density at radius 2 is 2.03 bits per heavy atom. The van der Waals surface area contributed by atoms with Gasteiger partial charge in [-0.15, -0.1) is 11.3 Å². The molecule has 1 saturated heterocycles. The fourth-order valence-corrected chi connectivity index (χ4v) is 5.59. The monoisotopic (exact) mass is 537 g/mol. The fraction of sp³-hybridized carbons (Fsp3) is 0.375. The zero-order chi connectivity index (χ0) is 25.4.